The van der Waals surface area contributed by atoms with Crippen molar-refractivity contribution >= 4 is 45.5 Å². The molecule has 1 aromatic heterocycles. The SMILES string of the molecule is CCOc1cc2ncc(C#N)c(Nc3ccc(OCC4CCCCC4)c(Cl)c3)c2cc1NC(=O)/C=C/CN(C)C. The van der Waals surface area contributed by atoms with Crippen molar-refractivity contribution in [1.29, 1.82) is 5.26 Å². The highest BCUT2D eigenvalue weighted by Crippen LogP contribution is 2.37. The molecule has 0 atom stereocenters. The lowest BCUT2D eigenvalue weighted by Crippen LogP contribution is -2.15. The third-order valence-electron chi connectivity index (χ3n) is 6.79. The molecule has 4 rings (SSSR count). The predicted octanol–water partition coefficient (Wildman–Crippen LogP) is 6.92. The Morgan fingerprint density at radius 2 is 1.98 bits per heavy atom. The number of nitriles is 1. The Morgan fingerprint density at radius 3 is 2.67 bits per heavy atom. The number of rotatable bonds is 11. The molecule has 1 aliphatic rings. The average Bonchev–Trinajstić information content (AvgIpc) is 2.94. The lowest BCUT2D eigenvalue weighted by Gasteiger charge is -2.22. The van der Waals surface area contributed by atoms with Gasteiger partial charge in [0, 0.05) is 36.0 Å². The number of pyridine rings is 1. The molecule has 0 unspecified atom stereocenters. The number of carbonyl (C=O) groups is 1. The van der Waals surface area contributed by atoms with E-state index < -0.39 is 0 Å². The van der Waals surface area contributed by atoms with E-state index in [1.54, 1.807) is 24.3 Å². The molecule has 1 saturated carbocycles. The number of halogens is 1. The molecule has 40 heavy (non-hydrogen) atoms. The first kappa shape index (κ1) is 29.2. The Morgan fingerprint density at radius 1 is 1.18 bits per heavy atom. The maximum absolute atomic E-state index is 12.6. The summed E-state index contributed by atoms with van der Waals surface area (Å²) in [5.41, 5.74) is 2.71. The first-order valence-electron chi connectivity index (χ1n) is 13.7. The number of aromatic nitrogens is 1. The van der Waals surface area contributed by atoms with Gasteiger partial charge in [0.1, 0.15) is 17.6 Å². The van der Waals surface area contributed by atoms with Crippen LogP contribution >= 0.6 is 11.6 Å². The first-order valence-corrected chi connectivity index (χ1v) is 14.1. The van der Waals surface area contributed by atoms with Crippen LogP contribution in [0.2, 0.25) is 5.02 Å². The second-order valence-electron chi connectivity index (χ2n) is 10.2. The van der Waals surface area contributed by atoms with Crippen molar-refractivity contribution in [2.75, 3.05) is 44.5 Å². The van der Waals surface area contributed by atoms with Crippen LogP contribution in [0, 0.1) is 17.2 Å². The first-order chi connectivity index (χ1) is 19.4. The number of benzene rings is 2. The smallest absolute Gasteiger partial charge is 0.248 e. The van der Waals surface area contributed by atoms with Crippen LogP contribution in [0.3, 0.4) is 0 Å². The van der Waals surface area contributed by atoms with Gasteiger partial charge < -0.3 is 25.0 Å². The zero-order valence-corrected chi connectivity index (χ0v) is 24.1. The fraction of sp³-hybridized carbons (Fsp3) is 0.387. The van der Waals surface area contributed by atoms with Crippen molar-refractivity contribution in [3.05, 3.63) is 59.3 Å². The van der Waals surface area contributed by atoms with E-state index in [1.165, 1.54) is 44.4 Å². The molecule has 0 bridgehead atoms. The summed E-state index contributed by atoms with van der Waals surface area (Å²) in [6.45, 7) is 3.60. The van der Waals surface area contributed by atoms with Gasteiger partial charge in [0.15, 0.2) is 0 Å². The Balaban J connectivity index is 1.61. The molecule has 1 fully saturated rings. The number of hydrogen-bond donors (Lipinski definition) is 2. The van der Waals surface area contributed by atoms with E-state index in [0.717, 1.165) is 0 Å². The quantitative estimate of drug-likeness (QED) is 0.245. The summed E-state index contributed by atoms with van der Waals surface area (Å²) in [5, 5.41) is 17.3. The Labute approximate surface area is 240 Å². The van der Waals surface area contributed by atoms with Crippen molar-refractivity contribution in [2.45, 2.75) is 39.0 Å². The summed E-state index contributed by atoms with van der Waals surface area (Å²) in [4.78, 5) is 19.1. The Bertz CT molecular complexity index is 1410. The summed E-state index contributed by atoms with van der Waals surface area (Å²) in [6, 6.07) is 11.3. The lowest BCUT2D eigenvalue weighted by molar-refractivity contribution is -0.111. The second kappa shape index (κ2) is 14.0. The summed E-state index contributed by atoms with van der Waals surface area (Å²) in [6.07, 6.45) is 11.0. The minimum absolute atomic E-state index is 0.281. The maximum atomic E-state index is 12.6. The zero-order chi connectivity index (χ0) is 28.5. The fourth-order valence-corrected chi connectivity index (χ4v) is 4.99. The molecule has 0 radical (unpaired) electrons. The minimum atomic E-state index is -0.281. The van der Waals surface area contributed by atoms with Gasteiger partial charge in [0.05, 0.1) is 40.7 Å². The maximum Gasteiger partial charge on any atom is 0.248 e. The summed E-state index contributed by atoms with van der Waals surface area (Å²) >= 11 is 6.59. The molecule has 2 N–H and O–H groups in total. The Kier molecular flexibility index (Phi) is 10.2. The second-order valence-corrected chi connectivity index (χ2v) is 10.6. The normalized spacial score (nSPS) is 13.9. The Hall–Kier alpha value is -3.80. The molecular weight excluding hydrogens is 526 g/mol. The van der Waals surface area contributed by atoms with E-state index in [1.807, 2.05) is 38.1 Å². The van der Waals surface area contributed by atoms with Crippen molar-refractivity contribution in [3.63, 3.8) is 0 Å². The largest absolute Gasteiger partial charge is 0.492 e. The minimum Gasteiger partial charge on any atom is -0.492 e. The number of nitrogens with zero attached hydrogens (tertiary/aromatic N) is 3. The number of anilines is 3. The standard InChI is InChI=1S/C31H36ClN5O3/c1-4-39-29-17-26-24(16-27(29)36-30(38)11-8-14-37(2)3)31(22(18-33)19-34-26)35-23-12-13-28(25(32)15-23)40-20-21-9-6-5-7-10-21/h8,11-13,15-17,19,21H,4-7,9-10,14,20H2,1-3H3,(H,34,35)(H,36,38)/b11-8+. The van der Waals surface area contributed by atoms with Crippen LogP contribution in [-0.2, 0) is 4.79 Å². The van der Waals surface area contributed by atoms with E-state index in [4.69, 9.17) is 21.1 Å². The highest BCUT2D eigenvalue weighted by Gasteiger charge is 2.17. The van der Waals surface area contributed by atoms with E-state index in [2.05, 4.69) is 21.7 Å². The summed E-state index contributed by atoms with van der Waals surface area (Å²) in [7, 11) is 3.86. The number of fused-ring (bicyclic) bond motifs is 1. The van der Waals surface area contributed by atoms with Crippen LogP contribution in [0.4, 0.5) is 17.1 Å². The molecule has 210 valence electrons. The van der Waals surface area contributed by atoms with Crippen molar-refractivity contribution in [3.8, 4) is 17.6 Å². The zero-order valence-electron chi connectivity index (χ0n) is 23.3. The topological polar surface area (TPSA) is 99.5 Å². The van der Waals surface area contributed by atoms with Crippen molar-refractivity contribution in [2.24, 2.45) is 5.92 Å². The number of nitrogens with one attached hydrogen (secondary N) is 2. The summed E-state index contributed by atoms with van der Waals surface area (Å²) in [5.74, 6) is 1.43. The van der Waals surface area contributed by atoms with Crippen LogP contribution < -0.4 is 20.1 Å². The number of carbonyl (C=O) groups excluding carboxylic acids is 1. The van der Waals surface area contributed by atoms with Crippen LogP contribution in [0.15, 0.2) is 48.7 Å². The van der Waals surface area contributed by atoms with Crippen LogP contribution in [0.25, 0.3) is 10.9 Å². The molecule has 1 amide bonds. The van der Waals surface area contributed by atoms with E-state index in [9.17, 15) is 10.1 Å². The number of likely N-dealkylation sites (N-methyl/N-ethyl adjacent to an activating group) is 1. The van der Waals surface area contributed by atoms with E-state index in [0.29, 0.717) is 75.7 Å². The molecule has 3 aromatic rings. The molecule has 0 aliphatic heterocycles. The van der Waals surface area contributed by atoms with Gasteiger partial charge in [-0.1, -0.05) is 36.9 Å². The number of ether oxygens (including phenoxy) is 2. The highest BCUT2D eigenvalue weighted by atomic mass is 35.5. The number of hydrogen-bond acceptors (Lipinski definition) is 7. The molecular formula is C31H36ClN5O3. The van der Waals surface area contributed by atoms with E-state index in [-0.39, 0.29) is 5.91 Å². The van der Waals surface area contributed by atoms with Crippen LogP contribution in [-0.4, -0.2) is 49.6 Å². The molecule has 9 heteroatoms. The van der Waals surface area contributed by atoms with Gasteiger partial charge in [0.25, 0.3) is 0 Å². The van der Waals surface area contributed by atoms with Gasteiger partial charge in [-0.2, -0.15) is 5.26 Å². The average molecular weight is 562 g/mol. The van der Waals surface area contributed by atoms with Gasteiger partial charge in [-0.15, -0.1) is 0 Å². The van der Waals surface area contributed by atoms with Gasteiger partial charge in [-0.05, 0) is 64.0 Å². The van der Waals surface area contributed by atoms with Gasteiger partial charge >= 0.3 is 0 Å². The fourth-order valence-electron chi connectivity index (χ4n) is 4.76. The molecule has 1 heterocycles. The molecule has 8 nitrogen and oxygen atoms in total. The lowest BCUT2D eigenvalue weighted by atomic mass is 9.90. The molecule has 1 aliphatic carbocycles. The summed E-state index contributed by atoms with van der Waals surface area (Å²) < 4.78 is 11.8. The predicted molar refractivity (Wildman–Crippen MR) is 161 cm³/mol. The van der Waals surface area contributed by atoms with Gasteiger partial charge in [-0.3, -0.25) is 9.78 Å². The van der Waals surface area contributed by atoms with Crippen molar-refractivity contribution in [1.82, 2.24) is 9.88 Å². The number of amides is 1. The van der Waals surface area contributed by atoms with Crippen molar-refractivity contribution < 1.29 is 14.3 Å². The molecule has 0 spiro atoms. The van der Waals surface area contributed by atoms with Crippen LogP contribution in [0.5, 0.6) is 11.5 Å². The van der Waals surface area contributed by atoms with Gasteiger partial charge in [-0.25, -0.2) is 0 Å². The van der Waals surface area contributed by atoms with E-state index >= 15 is 0 Å². The molecule has 0 saturated heterocycles. The third kappa shape index (κ3) is 7.65. The monoisotopic (exact) mass is 561 g/mol. The molecule has 2 aromatic carbocycles. The third-order valence-corrected chi connectivity index (χ3v) is 7.08. The van der Waals surface area contributed by atoms with Crippen LogP contribution in [0.1, 0.15) is 44.6 Å². The van der Waals surface area contributed by atoms with Gasteiger partial charge in [0.2, 0.25) is 5.91 Å². The highest BCUT2D eigenvalue weighted by molar-refractivity contribution is 6.32.